The molecule has 0 radical (unpaired) electrons. The maximum absolute atomic E-state index is 11.6. The minimum atomic E-state index is -1.29. The van der Waals surface area contributed by atoms with Crippen molar-refractivity contribution in [2.45, 2.75) is 32.4 Å². The number of phenolic OH excluding ortho intramolecular Hbond substituents is 1. The van der Waals surface area contributed by atoms with Crippen LogP contribution in [-0.4, -0.2) is 27.8 Å². The third kappa shape index (κ3) is 4.17. The number of rotatable bonds is 5. The molecule has 6 nitrogen and oxygen atoms in total. The van der Waals surface area contributed by atoms with Crippen LogP contribution in [0.4, 0.5) is 4.79 Å². The predicted molar refractivity (Wildman–Crippen MR) is 69.8 cm³/mol. The molecule has 1 aromatic rings. The fraction of sp³-hybridized carbons (Fsp3) is 0.385. The van der Waals surface area contributed by atoms with Gasteiger partial charge in [0, 0.05) is 6.54 Å². The quantitative estimate of drug-likeness (QED) is 0.648. The van der Waals surface area contributed by atoms with Crippen molar-refractivity contribution >= 4 is 12.0 Å². The highest BCUT2D eigenvalue weighted by molar-refractivity contribution is 5.85. The van der Waals surface area contributed by atoms with E-state index >= 15 is 0 Å². The van der Waals surface area contributed by atoms with Crippen LogP contribution in [0.3, 0.4) is 0 Å². The van der Waals surface area contributed by atoms with Gasteiger partial charge in [0.1, 0.15) is 11.3 Å². The average molecular weight is 266 g/mol. The van der Waals surface area contributed by atoms with Crippen molar-refractivity contribution < 1.29 is 19.8 Å². The van der Waals surface area contributed by atoms with Crippen LogP contribution in [0, 0.1) is 0 Å². The minimum Gasteiger partial charge on any atom is -0.508 e. The molecular formula is C13H18N2O4. The van der Waals surface area contributed by atoms with E-state index in [1.807, 2.05) is 0 Å². The van der Waals surface area contributed by atoms with Crippen LogP contribution in [0.1, 0.15) is 25.8 Å². The number of amides is 2. The molecule has 4 N–H and O–H groups in total. The molecule has 1 rings (SSSR count). The monoisotopic (exact) mass is 266 g/mol. The molecule has 0 aliphatic rings. The molecular weight excluding hydrogens is 248 g/mol. The number of nitrogens with one attached hydrogen (secondary N) is 2. The normalized spacial score (nSPS) is 13.4. The van der Waals surface area contributed by atoms with Crippen LogP contribution in [-0.2, 0) is 11.3 Å². The number of urea groups is 1. The maximum Gasteiger partial charge on any atom is 0.329 e. The van der Waals surface area contributed by atoms with E-state index in [0.717, 1.165) is 5.56 Å². The van der Waals surface area contributed by atoms with Crippen LogP contribution >= 0.6 is 0 Å². The molecule has 1 atom stereocenters. The first-order valence-corrected chi connectivity index (χ1v) is 5.94. The summed E-state index contributed by atoms with van der Waals surface area (Å²) in [5.41, 5.74) is -0.563. The van der Waals surface area contributed by atoms with E-state index in [9.17, 15) is 14.7 Å². The number of hydrogen-bond acceptors (Lipinski definition) is 3. The number of carbonyl (C=O) groups is 2. The first-order valence-electron chi connectivity index (χ1n) is 5.94. The largest absolute Gasteiger partial charge is 0.508 e. The Morgan fingerprint density at radius 3 is 2.58 bits per heavy atom. The number of aromatic hydroxyl groups is 1. The Labute approximate surface area is 111 Å². The molecule has 0 saturated carbocycles. The van der Waals surface area contributed by atoms with Gasteiger partial charge in [0.15, 0.2) is 0 Å². The van der Waals surface area contributed by atoms with Crippen molar-refractivity contribution in [3.63, 3.8) is 0 Å². The third-order valence-corrected chi connectivity index (χ3v) is 2.93. The molecule has 0 aliphatic heterocycles. The number of carboxylic acid groups (broad SMARTS) is 1. The molecule has 0 aliphatic carbocycles. The molecule has 1 unspecified atom stereocenters. The van der Waals surface area contributed by atoms with Crippen molar-refractivity contribution in [3.8, 4) is 5.75 Å². The highest BCUT2D eigenvalue weighted by Gasteiger charge is 2.32. The lowest BCUT2D eigenvalue weighted by Gasteiger charge is -2.24. The van der Waals surface area contributed by atoms with E-state index in [1.54, 1.807) is 19.1 Å². The maximum atomic E-state index is 11.6. The Balaban J connectivity index is 2.54. The van der Waals surface area contributed by atoms with Gasteiger partial charge in [0.05, 0.1) is 0 Å². The minimum absolute atomic E-state index is 0.114. The molecule has 0 fully saturated rings. The van der Waals surface area contributed by atoms with Crippen LogP contribution in [0.5, 0.6) is 5.75 Å². The first kappa shape index (κ1) is 14.8. The number of benzene rings is 1. The molecule has 0 bridgehead atoms. The topological polar surface area (TPSA) is 98.7 Å². The Morgan fingerprint density at radius 2 is 2.05 bits per heavy atom. The molecule has 6 heteroatoms. The zero-order valence-corrected chi connectivity index (χ0v) is 10.9. The zero-order valence-electron chi connectivity index (χ0n) is 10.9. The van der Waals surface area contributed by atoms with E-state index < -0.39 is 17.5 Å². The van der Waals surface area contributed by atoms with E-state index in [1.165, 1.54) is 19.1 Å². The summed E-state index contributed by atoms with van der Waals surface area (Å²) in [5.74, 6) is -0.967. The lowest BCUT2D eigenvalue weighted by atomic mass is 10.00. The number of aliphatic carboxylic acids is 1. The number of hydrogen-bond donors (Lipinski definition) is 4. The summed E-state index contributed by atoms with van der Waals surface area (Å²) >= 11 is 0. The molecule has 19 heavy (non-hydrogen) atoms. The molecule has 0 aromatic heterocycles. The van der Waals surface area contributed by atoms with Gasteiger partial charge in [0.2, 0.25) is 0 Å². The summed E-state index contributed by atoms with van der Waals surface area (Å²) in [6.45, 7) is 3.34. The smallest absolute Gasteiger partial charge is 0.329 e. The third-order valence-electron chi connectivity index (χ3n) is 2.93. The van der Waals surface area contributed by atoms with E-state index in [4.69, 9.17) is 5.11 Å². The molecule has 0 heterocycles. The highest BCUT2D eigenvalue weighted by atomic mass is 16.4. The van der Waals surface area contributed by atoms with Gasteiger partial charge in [-0.2, -0.15) is 0 Å². The molecule has 0 spiro atoms. The van der Waals surface area contributed by atoms with Crippen molar-refractivity contribution in [1.82, 2.24) is 10.6 Å². The SMILES string of the molecule is CCC(C)(NC(=O)NCc1cccc(O)c1)C(=O)O. The fourth-order valence-electron chi connectivity index (χ4n) is 1.44. The lowest BCUT2D eigenvalue weighted by molar-refractivity contribution is -0.143. The van der Waals surface area contributed by atoms with Crippen molar-refractivity contribution in [1.29, 1.82) is 0 Å². The Kier molecular flexibility index (Phi) is 4.74. The van der Waals surface area contributed by atoms with Gasteiger partial charge in [-0.3, -0.25) is 0 Å². The van der Waals surface area contributed by atoms with Crippen molar-refractivity contribution in [3.05, 3.63) is 29.8 Å². The van der Waals surface area contributed by atoms with Gasteiger partial charge in [-0.05, 0) is 31.0 Å². The summed E-state index contributed by atoms with van der Waals surface area (Å²) in [5, 5.41) is 23.3. The summed E-state index contributed by atoms with van der Waals surface area (Å²) < 4.78 is 0. The number of carbonyl (C=O) groups excluding carboxylic acids is 1. The number of phenols is 1. The van der Waals surface area contributed by atoms with Crippen LogP contribution < -0.4 is 10.6 Å². The Hall–Kier alpha value is -2.24. The fourth-order valence-corrected chi connectivity index (χ4v) is 1.44. The standard InChI is InChI=1S/C13H18N2O4/c1-3-13(2,11(17)18)15-12(19)14-8-9-5-4-6-10(16)7-9/h4-7,16H,3,8H2,1-2H3,(H,17,18)(H2,14,15,19). The Morgan fingerprint density at radius 1 is 1.37 bits per heavy atom. The summed E-state index contributed by atoms with van der Waals surface area (Å²) in [6.07, 6.45) is 0.280. The lowest BCUT2D eigenvalue weighted by Crippen LogP contribution is -2.54. The number of carboxylic acids is 1. The molecule has 104 valence electrons. The second-order valence-electron chi connectivity index (χ2n) is 4.47. The van der Waals surface area contributed by atoms with Crippen LogP contribution in [0.15, 0.2) is 24.3 Å². The average Bonchev–Trinajstić information content (AvgIpc) is 2.36. The Bertz CT molecular complexity index is 475. The first-order chi connectivity index (χ1) is 8.87. The van der Waals surface area contributed by atoms with E-state index in [0.29, 0.717) is 0 Å². The summed E-state index contributed by atoms with van der Waals surface area (Å²) in [4.78, 5) is 22.7. The van der Waals surface area contributed by atoms with E-state index in [-0.39, 0.29) is 18.7 Å². The van der Waals surface area contributed by atoms with Crippen molar-refractivity contribution in [2.24, 2.45) is 0 Å². The van der Waals surface area contributed by atoms with Gasteiger partial charge < -0.3 is 20.8 Å². The van der Waals surface area contributed by atoms with Crippen LogP contribution in [0.2, 0.25) is 0 Å². The van der Waals surface area contributed by atoms with Gasteiger partial charge in [-0.25, -0.2) is 9.59 Å². The van der Waals surface area contributed by atoms with E-state index in [2.05, 4.69) is 10.6 Å². The van der Waals surface area contributed by atoms with Gasteiger partial charge in [0.25, 0.3) is 0 Å². The summed E-state index contributed by atoms with van der Waals surface area (Å²) in [6, 6.07) is 5.90. The molecule has 2 amide bonds. The zero-order chi connectivity index (χ0) is 14.5. The van der Waals surface area contributed by atoms with Gasteiger partial charge >= 0.3 is 12.0 Å². The van der Waals surface area contributed by atoms with Gasteiger partial charge in [-0.15, -0.1) is 0 Å². The second kappa shape index (κ2) is 6.08. The van der Waals surface area contributed by atoms with Gasteiger partial charge in [-0.1, -0.05) is 19.1 Å². The highest BCUT2D eigenvalue weighted by Crippen LogP contribution is 2.11. The van der Waals surface area contributed by atoms with Crippen LogP contribution in [0.25, 0.3) is 0 Å². The molecule has 1 aromatic carbocycles. The van der Waals surface area contributed by atoms with Crippen molar-refractivity contribution in [2.75, 3.05) is 0 Å². The molecule has 0 saturated heterocycles. The second-order valence-corrected chi connectivity index (χ2v) is 4.47. The predicted octanol–water partition coefficient (Wildman–Crippen LogP) is 1.44. The summed E-state index contributed by atoms with van der Waals surface area (Å²) in [7, 11) is 0.